The van der Waals surface area contributed by atoms with E-state index in [0.29, 0.717) is 5.56 Å². The molecule has 1 heterocycles. The minimum atomic E-state index is -0.810. The van der Waals surface area contributed by atoms with Crippen LogP contribution in [0, 0.1) is 12.7 Å². The summed E-state index contributed by atoms with van der Waals surface area (Å²) < 4.78 is 17.1. The van der Waals surface area contributed by atoms with Crippen LogP contribution in [0.5, 0.6) is 0 Å². The Bertz CT molecular complexity index is 589. The van der Waals surface area contributed by atoms with Gasteiger partial charge in [-0.15, -0.1) is 5.10 Å². The van der Waals surface area contributed by atoms with Crippen molar-refractivity contribution in [2.75, 3.05) is 0 Å². The van der Waals surface area contributed by atoms with E-state index in [0.717, 1.165) is 16.1 Å². The minimum Gasteiger partial charge on any atom is -0.383 e. The molecule has 3 nitrogen and oxygen atoms in total. The fraction of sp³-hybridized carbons (Fsp3) is 0.429. The number of rotatable bonds is 2. The number of aryl methyl sites for hydroxylation is 1. The average Bonchev–Trinajstić information content (AvgIpc) is 2.76. The molecule has 0 radical (unpaired) electrons. The summed E-state index contributed by atoms with van der Waals surface area (Å²) in [5, 5.41) is 14.6. The van der Waals surface area contributed by atoms with Gasteiger partial charge in [0.25, 0.3) is 0 Å². The molecule has 0 saturated carbocycles. The van der Waals surface area contributed by atoms with Gasteiger partial charge >= 0.3 is 0 Å². The van der Waals surface area contributed by atoms with Crippen molar-refractivity contribution in [2.45, 2.75) is 39.2 Å². The zero-order valence-electron chi connectivity index (χ0n) is 11.4. The highest BCUT2D eigenvalue weighted by atomic mass is 32.1. The van der Waals surface area contributed by atoms with Crippen LogP contribution in [0.3, 0.4) is 0 Å². The first-order chi connectivity index (χ1) is 8.80. The molecule has 1 aromatic heterocycles. The largest absolute Gasteiger partial charge is 0.383 e. The lowest BCUT2D eigenvalue weighted by Gasteiger charge is -2.20. The molecule has 5 heteroatoms. The van der Waals surface area contributed by atoms with E-state index in [9.17, 15) is 9.50 Å². The minimum absolute atomic E-state index is 0.183. The summed E-state index contributed by atoms with van der Waals surface area (Å²) in [5.74, 6) is -0.299. The number of nitrogens with zero attached hydrogens (tertiary/aromatic N) is 2. The molecule has 2 rings (SSSR count). The summed E-state index contributed by atoms with van der Waals surface area (Å²) in [7, 11) is 0. The molecule has 0 aliphatic carbocycles. The highest BCUT2D eigenvalue weighted by Gasteiger charge is 2.27. The molecule has 0 amide bonds. The molecule has 1 N–H and O–H groups in total. The van der Waals surface area contributed by atoms with Crippen molar-refractivity contribution in [2.24, 2.45) is 0 Å². The van der Waals surface area contributed by atoms with Crippen LogP contribution in [0.25, 0.3) is 0 Å². The second-order valence-electron chi connectivity index (χ2n) is 5.64. The maximum atomic E-state index is 13.1. The molecule has 2 aromatic rings. The lowest BCUT2D eigenvalue weighted by Crippen LogP contribution is -2.16. The van der Waals surface area contributed by atoms with Crippen molar-refractivity contribution in [3.05, 3.63) is 45.7 Å². The molecule has 19 heavy (non-hydrogen) atoms. The van der Waals surface area contributed by atoms with Crippen LogP contribution in [0.2, 0.25) is 0 Å². The van der Waals surface area contributed by atoms with Gasteiger partial charge < -0.3 is 5.11 Å². The number of halogens is 1. The molecule has 1 unspecified atom stereocenters. The third kappa shape index (κ3) is 2.82. The maximum Gasteiger partial charge on any atom is 0.123 e. The molecule has 102 valence electrons. The number of benzene rings is 1. The van der Waals surface area contributed by atoms with Crippen LogP contribution in [0.1, 0.15) is 48.6 Å². The monoisotopic (exact) mass is 280 g/mol. The Labute approximate surface area is 116 Å². The Morgan fingerprint density at radius 1 is 1.32 bits per heavy atom. The molecule has 0 aliphatic heterocycles. The first-order valence-corrected chi connectivity index (χ1v) is 6.85. The van der Waals surface area contributed by atoms with Crippen molar-refractivity contribution < 1.29 is 9.50 Å². The fourth-order valence-corrected chi connectivity index (χ4v) is 2.85. The van der Waals surface area contributed by atoms with E-state index in [1.807, 2.05) is 20.8 Å². The van der Waals surface area contributed by atoms with Crippen molar-refractivity contribution in [1.82, 2.24) is 9.59 Å². The van der Waals surface area contributed by atoms with Gasteiger partial charge in [-0.1, -0.05) is 31.3 Å². The fourth-order valence-electron chi connectivity index (χ4n) is 1.98. The molecule has 0 saturated heterocycles. The molecule has 0 bridgehead atoms. The molecule has 0 aliphatic rings. The molecule has 1 aromatic carbocycles. The number of aliphatic hydroxyl groups is 1. The van der Waals surface area contributed by atoms with Crippen LogP contribution in [0.4, 0.5) is 4.39 Å². The van der Waals surface area contributed by atoms with E-state index < -0.39 is 6.10 Å². The van der Waals surface area contributed by atoms with Crippen molar-refractivity contribution in [3.63, 3.8) is 0 Å². The van der Waals surface area contributed by atoms with Crippen LogP contribution in [-0.4, -0.2) is 14.7 Å². The van der Waals surface area contributed by atoms with E-state index >= 15 is 0 Å². The first-order valence-electron chi connectivity index (χ1n) is 6.07. The van der Waals surface area contributed by atoms with Gasteiger partial charge in [-0.25, -0.2) is 4.39 Å². The maximum absolute atomic E-state index is 13.1. The summed E-state index contributed by atoms with van der Waals surface area (Å²) in [6.07, 6.45) is -0.810. The SMILES string of the molecule is Cc1cc(F)ccc1C(O)c1snnc1C(C)(C)C. The molecule has 0 spiro atoms. The zero-order chi connectivity index (χ0) is 14.2. The van der Waals surface area contributed by atoms with Gasteiger partial charge in [0.1, 0.15) is 11.9 Å². The van der Waals surface area contributed by atoms with Gasteiger partial charge in [-0.3, -0.25) is 0 Å². The predicted octanol–water partition coefficient (Wildman–Crippen LogP) is 3.36. The lowest BCUT2D eigenvalue weighted by atomic mass is 9.89. The van der Waals surface area contributed by atoms with E-state index in [4.69, 9.17) is 0 Å². The van der Waals surface area contributed by atoms with Gasteiger partial charge in [-0.05, 0) is 41.7 Å². The van der Waals surface area contributed by atoms with Crippen LogP contribution in [-0.2, 0) is 5.41 Å². The average molecular weight is 280 g/mol. The van der Waals surface area contributed by atoms with Crippen LogP contribution < -0.4 is 0 Å². The Hall–Kier alpha value is -1.33. The molecule has 0 fully saturated rings. The number of hydrogen-bond donors (Lipinski definition) is 1. The van der Waals surface area contributed by atoms with E-state index in [2.05, 4.69) is 9.59 Å². The van der Waals surface area contributed by atoms with E-state index in [1.165, 1.54) is 23.7 Å². The normalized spacial score (nSPS) is 13.6. The third-order valence-corrected chi connectivity index (χ3v) is 3.78. The molecular formula is C14H17FN2OS. The summed E-state index contributed by atoms with van der Waals surface area (Å²) in [5.41, 5.74) is 2.02. The quantitative estimate of drug-likeness (QED) is 0.917. The van der Waals surface area contributed by atoms with Crippen molar-refractivity contribution in [3.8, 4) is 0 Å². The van der Waals surface area contributed by atoms with Gasteiger partial charge in [0, 0.05) is 5.41 Å². The Balaban J connectivity index is 2.45. The second-order valence-corrected chi connectivity index (χ2v) is 6.42. The topological polar surface area (TPSA) is 46.0 Å². The smallest absolute Gasteiger partial charge is 0.123 e. The second kappa shape index (κ2) is 4.98. The molecular weight excluding hydrogens is 263 g/mol. The Morgan fingerprint density at radius 2 is 2.00 bits per heavy atom. The van der Waals surface area contributed by atoms with Crippen LogP contribution >= 0.6 is 11.5 Å². The summed E-state index contributed by atoms with van der Waals surface area (Å²) in [4.78, 5) is 0.724. The predicted molar refractivity (Wildman–Crippen MR) is 73.8 cm³/mol. The number of aliphatic hydroxyl groups excluding tert-OH is 1. The lowest BCUT2D eigenvalue weighted by molar-refractivity contribution is 0.220. The Kier molecular flexibility index (Phi) is 3.69. The number of aromatic nitrogens is 2. The van der Waals surface area contributed by atoms with Gasteiger partial charge in [0.2, 0.25) is 0 Å². The highest BCUT2D eigenvalue weighted by molar-refractivity contribution is 7.05. The Morgan fingerprint density at radius 3 is 2.58 bits per heavy atom. The summed E-state index contributed by atoms with van der Waals surface area (Å²) in [6.45, 7) is 7.86. The van der Waals surface area contributed by atoms with Gasteiger partial charge in [0.05, 0.1) is 10.6 Å². The zero-order valence-corrected chi connectivity index (χ0v) is 12.3. The first kappa shape index (κ1) is 14.1. The summed E-state index contributed by atoms with van der Waals surface area (Å²) >= 11 is 1.19. The van der Waals surface area contributed by atoms with Crippen molar-refractivity contribution >= 4 is 11.5 Å². The van der Waals surface area contributed by atoms with Gasteiger partial charge in [-0.2, -0.15) is 0 Å². The third-order valence-electron chi connectivity index (χ3n) is 3.00. The molecule has 1 atom stereocenters. The highest BCUT2D eigenvalue weighted by Crippen LogP contribution is 2.34. The van der Waals surface area contributed by atoms with Gasteiger partial charge in [0.15, 0.2) is 0 Å². The van der Waals surface area contributed by atoms with E-state index in [1.54, 1.807) is 13.0 Å². The standard InChI is InChI=1S/C14H17FN2OS/c1-8-7-9(15)5-6-10(8)11(18)12-13(14(2,3)4)16-17-19-12/h5-7,11,18H,1-4H3. The van der Waals surface area contributed by atoms with Crippen molar-refractivity contribution in [1.29, 1.82) is 0 Å². The number of hydrogen-bond acceptors (Lipinski definition) is 4. The van der Waals surface area contributed by atoms with Crippen LogP contribution in [0.15, 0.2) is 18.2 Å². The summed E-state index contributed by atoms with van der Waals surface area (Å²) in [6, 6.07) is 4.39. The van der Waals surface area contributed by atoms with E-state index in [-0.39, 0.29) is 11.2 Å².